The van der Waals surface area contributed by atoms with E-state index in [2.05, 4.69) is 9.98 Å². The molecule has 142 valence electrons. The first-order valence-corrected chi connectivity index (χ1v) is 8.90. The summed E-state index contributed by atoms with van der Waals surface area (Å²) in [5, 5.41) is 4.73. The van der Waals surface area contributed by atoms with Gasteiger partial charge in [0.05, 0.1) is 25.0 Å². The third-order valence-corrected chi connectivity index (χ3v) is 4.56. The van der Waals surface area contributed by atoms with Gasteiger partial charge in [0, 0.05) is 31.1 Å². The van der Waals surface area contributed by atoms with E-state index >= 15 is 0 Å². The fourth-order valence-corrected chi connectivity index (χ4v) is 3.13. The van der Waals surface area contributed by atoms with Gasteiger partial charge in [-0.15, -0.1) is 0 Å². The highest BCUT2D eigenvalue weighted by Gasteiger charge is 2.22. The molecule has 0 amide bonds. The lowest BCUT2D eigenvalue weighted by Gasteiger charge is -2.23. The highest BCUT2D eigenvalue weighted by Crippen LogP contribution is 2.28. The molecular weight excluding hydrogens is 357 g/mol. The van der Waals surface area contributed by atoms with E-state index in [1.165, 1.54) is 6.07 Å². The molecule has 0 spiro atoms. The number of rotatable bonds is 5. The number of aliphatic imine (C=N–C) groups is 1. The Labute approximate surface area is 162 Å². The van der Waals surface area contributed by atoms with Gasteiger partial charge in [0.25, 0.3) is 0 Å². The molecular formula is C21H20FN5O. The summed E-state index contributed by atoms with van der Waals surface area (Å²) in [4.78, 5) is 11.0. The molecule has 3 heterocycles. The number of hydrogen-bond acceptors (Lipinski definition) is 5. The number of methoxy groups -OCH3 is 1. The van der Waals surface area contributed by atoms with Crippen LogP contribution >= 0.6 is 0 Å². The maximum Gasteiger partial charge on any atom is 0.213 e. The summed E-state index contributed by atoms with van der Waals surface area (Å²) in [6.45, 7) is 0.289. The second-order valence-electron chi connectivity index (χ2n) is 6.45. The molecule has 0 N–H and O–H groups in total. The maximum atomic E-state index is 14.2. The van der Waals surface area contributed by atoms with Crippen molar-refractivity contribution in [3.63, 3.8) is 0 Å². The fourth-order valence-electron chi connectivity index (χ4n) is 3.13. The Balaban J connectivity index is 1.79. The normalized spacial score (nSPS) is 15.8. The Kier molecular flexibility index (Phi) is 4.89. The lowest BCUT2D eigenvalue weighted by molar-refractivity contribution is 0.336. The first kappa shape index (κ1) is 17.9. The van der Waals surface area contributed by atoms with Gasteiger partial charge in [-0.05, 0) is 24.3 Å². The molecule has 6 nitrogen and oxygen atoms in total. The summed E-state index contributed by atoms with van der Waals surface area (Å²) in [5.41, 5.74) is 2.79. The van der Waals surface area contributed by atoms with Crippen molar-refractivity contribution in [3.8, 4) is 17.3 Å². The topological polar surface area (TPSA) is 55.5 Å². The number of pyridine rings is 1. The summed E-state index contributed by atoms with van der Waals surface area (Å²) < 4.78 is 21.2. The van der Waals surface area contributed by atoms with Gasteiger partial charge < -0.3 is 9.64 Å². The van der Waals surface area contributed by atoms with Crippen LogP contribution in [-0.2, 0) is 6.54 Å². The number of hydrogen-bond donors (Lipinski definition) is 0. The van der Waals surface area contributed by atoms with Crippen LogP contribution in [0.15, 0.2) is 65.8 Å². The monoisotopic (exact) mass is 377 g/mol. The Morgan fingerprint density at radius 2 is 2.00 bits per heavy atom. The standard InChI is InChI=1S/C21H20FN5O/c1-26-12-6-11-23-21(26)18-13-19(17-9-5-10-20(24-17)28-2)27(25-18)14-15-7-3-4-8-16(15)22/h3-13,21H,14H2,1-2H3. The first-order valence-electron chi connectivity index (χ1n) is 8.90. The third kappa shape index (κ3) is 3.51. The molecule has 0 bridgehead atoms. The Bertz CT molecular complexity index is 1040. The van der Waals surface area contributed by atoms with Crippen LogP contribution in [0.3, 0.4) is 0 Å². The predicted molar refractivity (Wildman–Crippen MR) is 106 cm³/mol. The summed E-state index contributed by atoms with van der Waals surface area (Å²) >= 11 is 0. The lowest BCUT2D eigenvalue weighted by Crippen LogP contribution is -2.20. The van der Waals surface area contributed by atoms with Crippen LogP contribution in [0.5, 0.6) is 5.88 Å². The number of benzene rings is 1. The molecule has 28 heavy (non-hydrogen) atoms. The van der Waals surface area contributed by atoms with Crippen LogP contribution in [0.25, 0.3) is 11.4 Å². The number of allylic oxidation sites excluding steroid dienone is 1. The van der Waals surface area contributed by atoms with E-state index in [9.17, 15) is 4.39 Å². The molecule has 1 atom stereocenters. The van der Waals surface area contributed by atoms with Crippen molar-refractivity contribution in [2.45, 2.75) is 12.7 Å². The fraction of sp³-hybridized carbons (Fsp3) is 0.190. The zero-order valence-corrected chi connectivity index (χ0v) is 15.7. The van der Waals surface area contributed by atoms with Crippen LogP contribution in [0.4, 0.5) is 4.39 Å². The van der Waals surface area contributed by atoms with Crippen LogP contribution in [-0.4, -0.2) is 40.0 Å². The van der Waals surface area contributed by atoms with E-state index in [-0.39, 0.29) is 18.5 Å². The van der Waals surface area contributed by atoms with Crippen molar-refractivity contribution in [3.05, 3.63) is 77.9 Å². The van der Waals surface area contributed by atoms with Crippen molar-refractivity contribution in [1.29, 1.82) is 0 Å². The van der Waals surface area contributed by atoms with Gasteiger partial charge >= 0.3 is 0 Å². The summed E-state index contributed by atoms with van der Waals surface area (Å²) in [6, 6.07) is 14.2. The third-order valence-electron chi connectivity index (χ3n) is 4.56. The van der Waals surface area contributed by atoms with E-state index in [0.29, 0.717) is 17.1 Å². The van der Waals surface area contributed by atoms with E-state index in [0.717, 1.165) is 11.4 Å². The van der Waals surface area contributed by atoms with Gasteiger partial charge in [-0.2, -0.15) is 5.10 Å². The van der Waals surface area contributed by atoms with Crippen LogP contribution in [0.1, 0.15) is 17.4 Å². The molecule has 1 aliphatic heterocycles. The molecule has 1 aliphatic rings. The van der Waals surface area contributed by atoms with Crippen molar-refractivity contribution < 1.29 is 9.13 Å². The van der Waals surface area contributed by atoms with Crippen molar-refractivity contribution in [1.82, 2.24) is 19.7 Å². The van der Waals surface area contributed by atoms with Crippen LogP contribution in [0.2, 0.25) is 0 Å². The first-order chi connectivity index (χ1) is 13.7. The zero-order valence-electron chi connectivity index (χ0n) is 15.7. The average molecular weight is 377 g/mol. The maximum absolute atomic E-state index is 14.2. The van der Waals surface area contributed by atoms with E-state index < -0.39 is 0 Å². The summed E-state index contributed by atoms with van der Waals surface area (Å²) in [6.07, 6.45) is 5.33. The van der Waals surface area contributed by atoms with Gasteiger partial charge in [0.2, 0.25) is 5.88 Å². The van der Waals surface area contributed by atoms with Crippen molar-refractivity contribution in [2.24, 2.45) is 4.99 Å². The molecule has 0 fully saturated rings. The molecule has 0 saturated heterocycles. The second-order valence-corrected chi connectivity index (χ2v) is 6.45. The Morgan fingerprint density at radius 3 is 2.79 bits per heavy atom. The Hall–Kier alpha value is -3.48. The zero-order chi connectivity index (χ0) is 19.5. The van der Waals surface area contributed by atoms with Crippen LogP contribution in [0, 0.1) is 5.82 Å². The van der Waals surface area contributed by atoms with Crippen molar-refractivity contribution in [2.75, 3.05) is 14.2 Å². The molecule has 3 aromatic rings. The highest BCUT2D eigenvalue weighted by molar-refractivity contribution is 5.72. The number of halogens is 1. The highest BCUT2D eigenvalue weighted by atomic mass is 19.1. The van der Waals surface area contributed by atoms with Gasteiger partial charge in [-0.3, -0.25) is 9.67 Å². The molecule has 1 aromatic carbocycles. The molecule has 4 rings (SSSR count). The Morgan fingerprint density at radius 1 is 1.14 bits per heavy atom. The van der Waals surface area contributed by atoms with Gasteiger partial charge in [0.1, 0.15) is 11.5 Å². The SMILES string of the molecule is COc1cccc(-c2cc(C3N=CC=CN3C)nn2Cc2ccccc2F)n1. The molecule has 2 aromatic heterocycles. The summed E-state index contributed by atoms with van der Waals surface area (Å²) in [5.74, 6) is 0.244. The largest absolute Gasteiger partial charge is 0.481 e. The van der Waals surface area contributed by atoms with E-state index in [1.807, 2.05) is 48.5 Å². The number of aromatic nitrogens is 3. The lowest BCUT2D eigenvalue weighted by atomic mass is 10.2. The number of ether oxygens (including phenoxy) is 1. The minimum atomic E-state index is -0.264. The molecule has 0 radical (unpaired) electrons. The van der Waals surface area contributed by atoms with E-state index in [4.69, 9.17) is 9.84 Å². The van der Waals surface area contributed by atoms with Crippen molar-refractivity contribution >= 4 is 6.21 Å². The summed E-state index contributed by atoms with van der Waals surface area (Å²) in [7, 11) is 3.52. The van der Waals surface area contributed by atoms with Gasteiger partial charge in [-0.25, -0.2) is 9.37 Å². The quantitative estimate of drug-likeness (QED) is 0.681. The predicted octanol–water partition coefficient (Wildman–Crippen LogP) is 3.67. The van der Waals surface area contributed by atoms with Crippen LogP contribution < -0.4 is 4.74 Å². The smallest absolute Gasteiger partial charge is 0.213 e. The van der Waals surface area contributed by atoms with Gasteiger partial charge in [0.15, 0.2) is 6.17 Å². The number of nitrogens with zero attached hydrogens (tertiary/aromatic N) is 5. The van der Waals surface area contributed by atoms with E-state index in [1.54, 1.807) is 36.2 Å². The molecule has 1 unspecified atom stereocenters. The molecule has 0 aliphatic carbocycles. The minimum Gasteiger partial charge on any atom is -0.481 e. The molecule has 0 saturated carbocycles. The molecule has 7 heteroatoms. The second kappa shape index (κ2) is 7.64. The minimum absolute atomic E-state index is 0.240. The average Bonchev–Trinajstić information content (AvgIpc) is 3.14. The van der Waals surface area contributed by atoms with Gasteiger partial charge in [-0.1, -0.05) is 24.3 Å².